The number of thiophene rings is 1. The lowest BCUT2D eigenvalue weighted by Gasteiger charge is -2.17. The molecule has 1 heterocycles. The summed E-state index contributed by atoms with van der Waals surface area (Å²) in [5.41, 5.74) is 8.14. The fourth-order valence-corrected chi connectivity index (χ4v) is 4.25. The second kappa shape index (κ2) is 4.57. The van der Waals surface area contributed by atoms with Crippen LogP contribution in [0.4, 0.5) is 5.00 Å². The summed E-state index contributed by atoms with van der Waals surface area (Å²) in [7, 11) is 0. The highest BCUT2D eigenvalue weighted by Crippen LogP contribution is 2.52. The van der Waals surface area contributed by atoms with E-state index in [0.717, 1.165) is 18.4 Å². The number of nitrogens with one attached hydrogen (secondary N) is 1. The molecule has 0 aliphatic heterocycles. The Morgan fingerprint density at radius 2 is 2.22 bits per heavy atom. The van der Waals surface area contributed by atoms with E-state index in [-0.39, 0.29) is 11.3 Å². The zero-order valence-electron chi connectivity index (χ0n) is 11.6. The molecule has 18 heavy (non-hydrogen) atoms. The van der Waals surface area contributed by atoms with Crippen LogP contribution >= 0.6 is 11.3 Å². The second-order valence-electron chi connectivity index (χ2n) is 5.83. The van der Waals surface area contributed by atoms with E-state index >= 15 is 0 Å². The first-order chi connectivity index (χ1) is 8.38. The normalized spacial score (nSPS) is 20.8. The van der Waals surface area contributed by atoms with Gasteiger partial charge in [-0.05, 0) is 24.3 Å². The maximum absolute atomic E-state index is 12.2. The van der Waals surface area contributed by atoms with Crippen LogP contribution in [0, 0.1) is 0 Å². The van der Waals surface area contributed by atoms with Crippen molar-refractivity contribution in [1.82, 2.24) is 5.32 Å². The van der Waals surface area contributed by atoms with Gasteiger partial charge in [0.2, 0.25) is 0 Å². The third-order valence-corrected chi connectivity index (χ3v) is 5.06. The molecule has 0 bridgehead atoms. The van der Waals surface area contributed by atoms with Gasteiger partial charge in [-0.3, -0.25) is 4.79 Å². The summed E-state index contributed by atoms with van der Waals surface area (Å²) in [5.74, 6) is 0.419. The first-order valence-electron chi connectivity index (χ1n) is 6.59. The van der Waals surface area contributed by atoms with Gasteiger partial charge in [0.25, 0.3) is 5.91 Å². The monoisotopic (exact) mass is 266 g/mol. The van der Waals surface area contributed by atoms with Gasteiger partial charge in [-0.1, -0.05) is 27.7 Å². The fourth-order valence-electron chi connectivity index (χ4n) is 2.96. The van der Waals surface area contributed by atoms with Gasteiger partial charge in [0.1, 0.15) is 0 Å². The molecule has 0 fully saturated rings. The van der Waals surface area contributed by atoms with E-state index in [1.54, 1.807) is 11.3 Å². The summed E-state index contributed by atoms with van der Waals surface area (Å²) in [6.45, 7) is 9.42. The van der Waals surface area contributed by atoms with Crippen LogP contribution in [0.15, 0.2) is 0 Å². The molecule has 1 amide bonds. The van der Waals surface area contributed by atoms with Gasteiger partial charge >= 0.3 is 0 Å². The second-order valence-corrected chi connectivity index (χ2v) is 6.88. The summed E-state index contributed by atoms with van der Waals surface area (Å²) in [6, 6.07) is 0. The lowest BCUT2D eigenvalue weighted by Crippen LogP contribution is -2.25. The number of hydrogen-bond donors (Lipinski definition) is 2. The molecule has 4 heteroatoms. The van der Waals surface area contributed by atoms with Crippen LogP contribution in [0.25, 0.3) is 0 Å². The van der Waals surface area contributed by atoms with Crippen LogP contribution in [-0.4, -0.2) is 12.5 Å². The van der Waals surface area contributed by atoms with Crippen LogP contribution in [0.3, 0.4) is 0 Å². The molecule has 0 aromatic carbocycles. The van der Waals surface area contributed by atoms with Crippen LogP contribution in [0.2, 0.25) is 0 Å². The Morgan fingerprint density at radius 3 is 2.83 bits per heavy atom. The molecule has 1 unspecified atom stereocenters. The SMILES string of the molecule is CCCNC(=O)c1c(N)sc2c1C(C)CC2(C)C. The Balaban J connectivity index is 2.42. The van der Waals surface area contributed by atoms with Crippen molar-refractivity contribution in [1.29, 1.82) is 0 Å². The quantitative estimate of drug-likeness (QED) is 0.882. The molecule has 0 radical (unpaired) electrons. The minimum atomic E-state index is -0.00333. The largest absolute Gasteiger partial charge is 0.390 e. The average molecular weight is 266 g/mol. The molecule has 3 nitrogen and oxygen atoms in total. The molecule has 1 aromatic heterocycles. The molecule has 1 aromatic rings. The number of amides is 1. The summed E-state index contributed by atoms with van der Waals surface area (Å²) in [6.07, 6.45) is 2.04. The molecular weight excluding hydrogens is 244 g/mol. The Morgan fingerprint density at radius 1 is 1.56 bits per heavy atom. The van der Waals surface area contributed by atoms with E-state index < -0.39 is 0 Å². The average Bonchev–Trinajstić information content (AvgIpc) is 2.72. The number of nitrogen functional groups attached to an aromatic ring is 1. The minimum Gasteiger partial charge on any atom is -0.390 e. The highest BCUT2D eigenvalue weighted by atomic mass is 32.1. The number of rotatable bonds is 3. The number of hydrogen-bond acceptors (Lipinski definition) is 3. The van der Waals surface area contributed by atoms with Crippen molar-refractivity contribution >= 4 is 22.2 Å². The van der Waals surface area contributed by atoms with Crippen molar-refractivity contribution in [2.75, 3.05) is 12.3 Å². The lowest BCUT2D eigenvalue weighted by atomic mass is 9.91. The predicted molar refractivity (Wildman–Crippen MR) is 77.4 cm³/mol. The molecule has 3 N–H and O–H groups in total. The molecule has 100 valence electrons. The van der Waals surface area contributed by atoms with E-state index in [1.807, 2.05) is 6.92 Å². The van der Waals surface area contributed by atoms with Crippen molar-refractivity contribution in [3.8, 4) is 0 Å². The van der Waals surface area contributed by atoms with E-state index in [0.29, 0.717) is 17.5 Å². The summed E-state index contributed by atoms with van der Waals surface area (Å²) in [4.78, 5) is 13.5. The zero-order chi connectivity index (χ0) is 13.5. The van der Waals surface area contributed by atoms with Crippen LogP contribution in [-0.2, 0) is 5.41 Å². The number of carbonyl (C=O) groups excluding carboxylic acids is 1. The Kier molecular flexibility index (Phi) is 3.41. The third-order valence-electron chi connectivity index (χ3n) is 3.66. The zero-order valence-corrected chi connectivity index (χ0v) is 12.4. The van der Waals surface area contributed by atoms with Gasteiger partial charge in [0.05, 0.1) is 10.6 Å². The Labute approximate surface area is 113 Å². The van der Waals surface area contributed by atoms with E-state index in [1.165, 1.54) is 10.4 Å². The first kappa shape index (κ1) is 13.4. The molecule has 0 saturated carbocycles. The van der Waals surface area contributed by atoms with Crippen LogP contribution < -0.4 is 11.1 Å². The summed E-state index contributed by atoms with van der Waals surface area (Å²) < 4.78 is 0. The predicted octanol–water partition coefficient (Wildman–Crippen LogP) is 3.25. The number of carbonyl (C=O) groups is 1. The number of anilines is 1. The third kappa shape index (κ3) is 2.03. The van der Waals surface area contributed by atoms with Crippen molar-refractivity contribution < 1.29 is 4.79 Å². The van der Waals surface area contributed by atoms with Crippen molar-refractivity contribution in [3.05, 3.63) is 16.0 Å². The summed E-state index contributed by atoms with van der Waals surface area (Å²) in [5, 5.41) is 3.62. The first-order valence-corrected chi connectivity index (χ1v) is 7.41. The number of nitrogens with two attached hydrogens (primary N) is 1. The fraction of sp³-hybridized carbons (Fsp3) is 0.643. The Hall–Kier alpha value is -1.03. The van der Waals surface area contributed by atoms with Gasteiger partial charge in [0, 0.05) is 16.8 Å². The van der Waals surface area contributed by atoms with Gasteiger partial charge in [0.15, 0.2) is 0 Å². The standard InChI is InChI=1S/C14H22N2OS/c1-5-6-16-13(17)10-9-8(2)7-14(3,4)11(9)18-12(10)15/h8H,5-7,15H2,1-4H3,(H,16,17). The van der Waals surface area contributed by atoms with Gasteiger partial charge < -0.3 is 11.1 Å². The number of fused-ring (bicyclic) bond motifs is 1. The summed E-state index contributed by atoms with van der Waals surface area (Å²) >= 11 is 1.59. The molecule has 0 spiro atoms. The molecule has 1 aliphatic carbocycles. The van der Waals surface area contributed by atoms with Gasteiger partial charge in [-0.25, -0.2) is 0 Å². The topological polar surface area (TPSA) is 55.1 Å². The Bertz CT molecular complexity index is 476. The van der Waals surface area contributed by atoms with Gasteiger partial charge in [-0.15, -0.1) is 11.3 Å². The molecular formula is C14H22N2OS. The van der Waals surface area contributed by atoms with Gasteiger partial charge in [-0.2, -0.15) is 0 Å². The van der Waals surface area contributed by atoms with Crippen molar-refractivity contribution in [2.24, 2.45) is 0 Å². The maximum atomic E-state index is 12.2. The molecule has 1 aliphatic rings. The molecule has 1 atom stereocenters. The van der Waals surface area contributed by atoms with Crippen LogP contribution in [0.5, 0.6) is 0 Å². The lowest BCUT2D eigenvalue weighted by molar-refractivity contribution is 0.0953. The van der Waals surface area contributed by atoms with Crippen LogP contribution in [0.1, 0.15) is 67.3 Å². The molecule has 2 rings (SSSR count). The maximum Gasteiger partial charge on any atom is 0.254 e. The minimum absolute atomic E-state index is 0.00333. The van der Waals surface area contributed by atoms with E-state index in [9.17, 15) is 4.79 Å². The smallest absolute Gasteiger partial charge is 0.254 e. The highest BCUT2D eigenvalue weighted by Gasteiger charge is 2.40. The van der Waals surface area contributed by atoms with Crippen molar-refractivity contribution in [2.45, 2.75) is 51.9 Å². The van der Waals surface area contributed by atoms with E-state index in [4.69, 9.17) is 5.73 Å². The highest BCUT2D eigenvalue weighted by molar-refractivity contribution is 7.16. The molecule has 0 saturated heterocycles. The van der Waals surface area contributed by atoms with E-state index in [2.05, 4.69) is 26.1 Å². The van der Waals surface area contributed by atoms with Crippen molar-refractivity contribution in [3.63, 3.8) is 0 Å².